The van der Waals surface area contributed by atoms with Gasteiger partial charge in [0, 0.05) is 35.1 Å². The number of halogens is 1. The first-order chi connectivity index (χ1) is 18.4. The zero-order valence-corrected chi connectivity index (χ0v) is 23.1. The lowest BCUT2D eigenvalue weighted by Gasteiger charge is -2.31. The molecule has 2 heterocycles. The summed E-state index contributed by atoms with van der Waals surface area (Å²) < 4.78 is 13.5. The average Bonchev–Trinajstić information content (AvgIpc) is 3.33. The Morgan fingerprint density at radius 2 is 1.66 bits per heavy atom. The van der Waals surface area contributed by atoms with E-state index in [0.717, 1.165) is 41.3 Å². The Morgan fingerprint density at radius 3 is 2.34 bits per heavy atom. The Kier molecular flexibility index (Phi) is 9.90. The first-order valence-electron chi connectivity index (χ1n) is 13.3. The minimum absolute atomic E-state index is 0.0306. The number of nitrogens with one attached hydrogen (secondary N) is 1. The molecule has 0 atom stereocenters. The maximum atomic E-state index is 13.7. The summed E-state index contributed by atoms with van der Waals surface area (Å²) in [6.07, 6.45) is 3.58. The second kappa shape index (κ2) is 13.5. The van der Waals surface area contributed by atoms with Gasteiger partial charge < -0.3 is 20.0 Å². The summed E-state index contributed by atoms with van der Waals surface area (Å²) in [5.74, 6) is -0.448. The quantitative estimate of drug-likeness (QED) is 0.343. The van der Waals surface area contributed by atoms with E-state index in [1.54, 1.807) is 33.3 Å². The Morgan fingerprint density at radius 1 is 0.921 bits per heavy atom. The van der Waals surface area contributed by atoms with Crippen LogP contribution in [0.4, 0.5) is 14.9 Å². The largest absolute Gasteiger partial charge is 0.332 e. The zero-order valence-electron chi connectivity index (χ0n) is 22.3. The third kappa shape index (κ3) is 8.13. The Balaban J connectivity index is 1.51. The molecule has 1 N–H and O–H groups in total. The number of rotatable bonds is 10. The van der Waals surface area contributed by atoms with E-state index in [0.29, 0.717) is 19.6 Å². The van der Waals surface area contributed by atoms with Crippen molar-refractivity contribution in [3.63, 3.8) is 0 Å². The number of amides is 3. The first kappa shape index (κ1) is 27.8. The van der Waals surface area contributed by atoms with Gasteiger partial charge in [0.15, 0.2) is 0 Å². The third-order valence-corrected chi connectivity index (χ3v) is 7.90. The fourth-order valence-electron chi connectivity index (χ4n) is 4.67. The molecule has 1 aliphatic heterocycles. The Bertz CT molecular complexity index is 1210. The van der Waals surface area contributed by atoms with Crippen LogP contribution in [0.5, 0.6) is 0 Å². The highest BCUT2D eigenvalue weighted by atomic mass is 32.1. The zero-order chi connectivity index (χ0) is 26.9. The molecule has 0 radical (unpaired) electrons. The van der Waals surface area contributed by atoms with Gasteiger partial charge >= 0.3 is 6.03 Å². The van der Waals surface area contributed by atoms with Crippen LogP contribution < -0.4 is 5.32 Å². The number of carbonyl (C=O) groups is 2. The highest BCUT2D eigenvalue weighted by Gasteiger charge is 2.24. The predicted octanol–water partition coefficient (Wildman–Crippen LogP) is 6.05. The lowest BCUT2D eigenvalue weighted by atomic mass is 10.1. The highest BCUT2D eigenvalue weighted by molar-refractivity contribution is 7.11. The van der Waals surface area contributed by atoms with Crippen LogP contribution in [-0.4, -0.2) is 59.4 Å². The normalized spacial score (nSPS) is 13.8. The highest BCUT2D eigenvalue weighted by Crippen LogP contribution is 2.20. The number of carbonyl (C=O) groups excluding carboxylic acids is 2. The van der Waals surface area contributed by atoms with Crippen LogP contribution in [0.2, 0.25) is 0 Å². The molecule has 1 aromatic heterocycles. The maximum Gasteiger partial charge on any atom is 0.322 e. The second-order valence-electron chi connectivity index (χ2n) is 9.96. The van der Waals surface area contributed by atoms with Crippen LogP contribution in [0.15, 0.2) is 60.7 Å². The van der Waals surface area contributed by atoms with Crippen molar-refractivity contribution in [2.45, 2.75) is 46.2 Å². The first-order valence-corrected chi connectivity index (χ1v) is 14.1. The Hall–Kier alpha value is -3.23. The number of benzene rings is 2. The van der Waals surface area contributed by atoms with Crippen molar-refractivity contribution in [3.05, 3.63) is 87.4 Å². The SMILES string of the molecule is Cc1ccc(CN(Cc2ccc(F)cc2)C(=O)CN(CCN2CCCCC2)C(=O)Nc2ccccc2C)s1. The van der Waals surface area contributed by atoms with Crippen LogP contribution in [-0.2, 0) is 17.9 Å². The fraction of sp³-hybridized carbons (Fsp3) is 0.400. The van der Waals surface area contributed by atoms with Crippen molar-refractivity contribution >= 4 is 29.0 Å². The molecule has 202 valence electrons. The van der Waals surface area contributed by atoms with Crippen LogP contribution >= 0.6 is 11.3 Å². The predicted molar refractivity (Wildman–Crippen MR) is 152 cm³/mol. The molecule has 3 amide bonds. The number of thiophene rings is 1. The van der Waals surface area contributed by atoms with E-state index in [9.17, 15) is 14.0 Å². The Labute approximate surface area is 229 Å². The molecule has 4 rings (SSSR count). The molecule has 1 aliphatic rings. The van der Waals surface area contributed by atoms with Gasteiger partial charge in [-0.05, 0) is 81.2 Å². The molecule has 3 aromatic rings. The lowest BCUT2D eigenvalue weighted by Crippen LogP contribution is -2.47. The van der Waals surface area contributed by atoms with Crippen molar-refractivity contribution in [3.8, 4) is 0 Å². The van der Waals surface area contributed by atoms with E-state index < -0.39 is 0 Å². The summed E-state index contributed by atoms with van der Waals surface area (Å²) in [4.78, 5) is 35.2. The molecule has 0 aliphatic carbocycles. The van der Waals surface area contributed by atoms with Gasteiger partial charge in [-0.25, -0.2) is 9.18 Å². The topological polar surface area (TPSA) is 55.9 Å². The second-order valence-corrected chi connectivity index (χ2v) is 11.3. The van der Waals surface area contributed by atoms with E-state index in [4.69, 9.17) is 0 Å². The van der Waals surface area contributed by atoms with Gasteiger partial charge in [-0.2, -0.15) is 0 Å². The molecule has 8 heteroatoms. The summed E-state index contributed by atoms with van der Waals surface area (Å²) in [5.41, 5.74) is 2.55. The molecular formula is C30H37FN4O2S. The smallest absolute Gasteiger partial charge is 0.322 e. The molecule has 2 aromatic carbocycles. The molecule has 0 unspecified atom stereocenters. The number of hydrogen-bond donors (Lipinski definition) is 1. The number of hydrogen-bond acceptors (Lipinski definition) is 4. The van der Waals surface area contributed by atoms with Crippen molar-refractivity contribution in [2.24, 2.45) is 0 Å². The van der Waals surface area contributed by atoms with Gasteiger partial charge in [0.2, 0.25) is 5.91 Å². The minimum atomic E-state index is -0.308. The summed E-state index contributed by atoms with van der Waals surface area (Å²) >= 11 is 1.65. The number of nitrogens with zero attached hydrogens (tertiary/aromatic N) is 3. The van der Waals surface area contributed by atoms with Crippen molar-refractivity contribution in [1.82, 2.24) is 14.7 Å². The van der Waals surface area contributed by atoms with E-state index in [1.165, 1.54) is 36.3 Å². The van der Waals surface area contributed by atoms with Crippen molar-refractivity contribution in [2.75, 3.05) is 38.0 Å². The summed E-state index contributed by atoms with van der Waals surface area (Å²) in [5, 5.41) is 3.01. The molecule has 6 nitrogen and oxygen atoms in total. The lowest BCUT2D eigenvalue weighted by molar-refractivity contribution is -0.133. The number of aryl methyl sites for hydroxylation is 2. The number of likely N-dealkylation sites (tertiary alicyclic amines) is 1. The van der Waals surface area contributed by atoms with Gasteiger partial charge in [-0.15, -0.1) is 11.3 Å². The maximum absolute atomic E-state index is 13.7. The van der Waals surface area contributed by atoms with Crippen LogP contribution in [0.1, 0.15) is 40.1 Å². The minimum Gasteiger partial charge on any atom is -0.332 e. The fourth-order valence-corrected chi connectivity index (χ4v) is 5.58. The van der Waals surface area contributed by atoms with E-state index in [1.807, 2.05) is 50.2 Å². The monoisotopic (exact) mass is 536 g/mol. The summed E-state index contributed by atoms with van der Waals surface area (Å²) in [6.45, 7) is 7.99. The molecule has 0 saturated carbocycles. The van der Waals surface area contributed by atoms with Gasteiger partial charge in [0.05, 0.1) is 6.54 Å². The molecule has 0 spiro atoms. The van der Waals surface area contributed by atoms with Crippen molar-refractivity contribution < 1.29 is 14.0 Å². The average molecular weight is 537 g/mol. The van der Waals surface area contributed by atoms with E-state index >= 15 is 0 Å². The molecular weight excluding hydrogens is 499 g/mol. The summed E-state index contributed by atoms with van der Waals surface area (Å²) in [6, 6.07) is 17.7. The molecule has 1 fully saturated rings. The number of para-hydroxylation sites is 1. The number of anilines is 1. The van der Waals surface area contributed by atoms with E-state index in [-0.39, 0.29) is 24.3 Å². The van der Waals surface area contributed by atoms with Gasteiger partial charge in [0.1, 0.15) is 12.4 Å². The van der Waals surface area contributed by atoms with Gasteiger partial charge in [-0.3, -0.25) is 4.79 Å². The van der Waals surface area contributed by atoms with Crippen molar-refractivity contribution in [1.29, 1.82) is 0 Å². The van der Waals surface area contributed by atoms with E-state index in [2.05, 4.69) is 10.2 Å². The standard InChI is InChI=1S/C30H37FN4O2S/c1-23-8-4-5-9-28(23)32-30(37)34(19-18-33-16-6-3-7-17-33)22-29(36)35(21-27-15-10-24(2)38-27)20-25-11-13-26(31)14-12-25/h4-5,8-15H,3,6-7,16-22H2,1-2H3,(H,32,37). The van der Waals surface area contributed by atoms with Crippen LogP contribution in [0.25, 0.3) is 0 Å². The van der Waals surface area contributed by atoms with Crippen LogP contribution in [0.3, 0.4) is 0 Å². The number of urea groups is 1. The molecule has 0 bridgehead atoms. The number of piperidine rings is 1. The molecule has 1 saturated heterocycles. The molecule has 38 heavy (non-hydrogen) atoms. The third-order valence-electron chi connectivity index (χ3n) is 6.92. The summed E-state index contributed by atoms with van der Waals surface area (Å²) in [7, 11) is 0. The van der Waals surface area contributed by atoms with Gasteiger partial charge in [-0.1, -0.05) is 36.8 Å². The van der Waals surface area contributed by atoms with Crippen LogP contribution in [0, 0.1) is 19.7 Å². The van der Waals surface area contributed by atoms with Gasteiger partial charge in [0.25, 0.3) is 0 Å².